The van der Waals surface area contributed by atoms with Crippen LogP contribution >= 0.6 is 0 Å². The summed E-state index contributed by atoms with van der Waals surface area (Å²) < 4.78 is 11.0. The Bertz CT molecular complexity index is 338. The van der Waals surface area contributed by atoms with Crippen molar-refractivity contribution in [2.45, 2.75) is 57.1 Å². The lowest BCUT2D eigenvalue weighted by Gasteiger charge is -2.33. The van der Waals surface area contributed by atoms with Gasteiger partial charge in [-0.05, 0) is 25.7 Å². The van der Waals surface area contributed by atoms with Crippen molar-refractivity contribution in [3.8, 4) is 12.3 Å². The summed E-state index contributed by atoms with van der Waals surface area (Å²) in [6.45, 7) is 1.85. The SMILES string of the molecule is C#CCN(C(=O)COCC1CCCO1)C1CCCCC1. The van der Waals surface area contributed by atoms with Gasteiger partial charge in [-0.25, -0.2) is 0 Å². The molecule has 1 saturated carbocycles. The molecular formula is C16H25NO3. The first kappa shape index (κ1) is 15.3. The van der Waals surface area contributed by atoms with Crippen molar-refractivity contribution in [2.75, 3.05) is 26.4 Å². The smallest absolute Gasteiger partial charge is 0.249 e. The molecule has 0 aromatic rings. The van der Waals surface area contributed by atoms with Crippen LogP contribution in [0.4, 0.5) is 0 Å². The zero-order valence-electron chi connectivity index (χ0n) is 12.2. The molecule has 20 heavy (non-hydrogen) atoms. The second-order valence-electron chi connectivity index (χ2n) is 5.67. The van der Waals surface area contributed by atoms with Crippen molar-refractivity contribution in [3.63, 3.8) is 0 Å². The van der Waals surface area contributed by atoms with Gasteiger partial charge in [0.25, 0.3) is 0 Å². The Labute approximate surface area is 121 Å². The number of rotatable bonds is 6. The summed E-state index contributed by atoms with van der Waals surface area (Å²) in [6.07, 6.45) is 13.5. The van der Waals surface area contributed by atoms with Crippen molar-refractivity contribution < 1.29 is 14.3 Å². The third-order valence-corrected chi connectivity index (χ3v) is 4.15. The number of amides is 1. The Hall–Kier alpha value is -1.05. The molecule has 1 aliphatic heterocycles. The fraction of sp³-hybridized carbons (Fsp3) is 0.812. The fourth-order valence-corrected chi connectivity index (χ4v) is 3.05. The molecule has 1 aliphatic carbocycles. The third-order valence-electron chi connectivity index (χ3n) is 4.15. The van der Waals surface area contributed by atoms with Gasteiger partial charge < -0.3 is 14.4 Å². The summed E-state index contributed by atoms with van der Waals surface area (Å²) in [4.78, 5) is 14.1. The second-order valence-corrected chi connectivity index (χ2v) is 5.67. The average Bonchev–Trinajstić information content (AvgIpc) is 2.99. The van der Waals surface area contributed by atoms with E-state index >= 15 is 0 Å². The molecular weight excluding hydrogens is 254 g/mol. The summed E-state index contributed by atoms with van der Waals surface area (Å²) >= 11 is 0. The van der Waals surface area contributed by atoms with Crippen LogP contribution in [0.5, 0.6) is 0 Å². The van der Waals surface area contributed by atoms with E-state index in [4.69, 9.17) is 15.9 Å². The van der Waals surface area contributed by atoms with E-state index in [2.05, 4.69) is 5.92 Å². The van der Waals surface area contributed by atoms with Crippen molar-refractivity contribution in [1.29, 1.82) is 0 Å². The van der Waals surface area contributed by atoms with E-state index in [-0.39, 0.29) is 18.6 Å². The van der Waals surface area contributed by atoms with Crippen LogP contribution < -0.4 is 0 Å². The minimum Gasteiger partial charge on any atom is -0.376 e. The van der Waals surface area contributed by atoms with Crippen LogP contribution in [0.2, 0.25) is 0 Å². The van der Waals surface area contributed by atoms with Gasteiger partial charge in [-0.15, -0.1) is 6.42 Å². The van der Waals surface area contributed by atoms with Gasteiger partial charge in [0.2, 0.25) is 5.91 Å². The fourth-order valence-electron chi connectivity index (χ4n) is 3.05. The molecule has 0 aromatic carbocycles. The number of carbonyl (C=O) groups excluding carboxylic acids is 1. The molecule has 2 rings (SSSR count). The molecule has 4 heteroatoms. The van der Waals surface area contributed by atoms with Crippen molar-refractivity contribution >= 4 is 5.91 Å². The number of nitrogens with zero attached hydrogens (tertiary/aromatic N) is 1. The van der Waals surface area contributed by atoms with Crippen molar-refractivity contribution in [3.05, 3.63) is 0 Å². The molecule has 1 atom stereocenters. The van der Waals surface area contributed by atoms with Gasteiger partial charge in [-0.2, -0.15) is 0 Å². The maximum absolute atomic E-state index is 12.3. The van der Waals surface area contributed by atoms with E-state index in [1.165, 1.54) is 19.3 Å². The first-order valence-corrected chi connectivity index (χ1v) is 7.73. The topological polar surface area (TPSA) is 38.8 Å². The number of ether oxygens (including phenoxy) is 2. The summed E-state index contributed by atoms with van der Waals surface area (Å²) in [6, 6.07) is 0.304. The standard InChI is InChI=1S/C16H25NO3/c1-2-10-17(14-7-4-3-5-8-14)16(18)13-19-12-15-9-6-11-20-15/h1,14-15H,3-13H2. The maximum atomic E-state index is 12.3. The Morgan fingerprint density at radius 1 is 1.25 bits per heavy atom. The first-order valence-electron chi connectivity index (χ1n) is 7.73. The Morgan fingerprint density at radius 3 is 2.70 bits per heavy atom. The molecule has 0 radical (unpaired) electrons. The normalized spacial score (nSPS) is 23.4. The highest BCUT2D eigenvalue weighted by molar-refractivity contribution is 5.78. The zero-order chi connectivity index (χ0) is 14.2. The minimum atomic E-state index is 0.0212. The lowest BCUT2D eigenvalue weighted by atomic mass is 9.94. The van der Waals surface area contributed by atoms with E-state index in [9.17, 15) is 4.79 Å². The van der Waals surface area contributed by atoms with Crippen LogP contribution in [0, 0.1) is 12.3 Å². The van der Waals surface area contributed by atoms with Crippen molar-refractivity contribution in [2.24, 2.45) is 0 Å². The molecule has 1 unspecified atom stereocenters. The summed E-state index contributed by atoms with van der Waals surface area (Å²) in [5.74, 6) is 2.62. The summed E-state index contributed by atoms with van der Waals surface area (Å²) in [5, 5.41) is 0. The highest BCUT2D eigenvalue weighted by atomic mass is 16.5. The predicted molar refractivity (Wildman–Crippen MR) is 77.2 cm³/mol. The molecule has 112 valence electrons. The van der Waals surface area contributed by atoms with E-state index in [1.807, 2.05) is 4.90 Å². The molecule has 2 fully saturated rings. The van der Waals surface area contributed by atoms with Gasteiger partial charge in [0.05, 0.1) is 19.3 Å². The van der Waals surface area contributed by atoms with Crippen LogP contribution in [0.1, 0.15) is 44.9 Å². The molecule has 2 aliphatic rings. The van der Waals surface area contributed by atoms with Crippen molar-refractivity contribution in [1.82, 2.24) is 4.90 Å². The highest BCUT2D eigenvalue weighted by Gasteiger charge is 2.25. The van der Waals surface area contributed by atoms with E-state index in [0.717, 1.165) is 32.3 Å². The molecule has 0 bridgehead atoms. The summed E-state index contributed by atoms with van der Waals surface area (Å²) in [7, 11) is 0. The van der Waals surface area contributed by atoms with Gasteiger partial charge >= 0.3 is 0 Å². The van der Waals surface area contributed by atoms with Gasteiger partial charge in [-0.1, -0.05) is 25.2 Å². The largest absolute Gasteiger partial charge is 0.376 e. The highest BCUT2D eigenvalue weighted by Crippen LogP contribution is 2.22. The molecule has 0 N–H and O–H groups in total. The number of carbonyl (C=O) groups is 1. The van der Waals surface area contributed by atoms with E-state index < -0.39 is 0 Å². The Morgan fingerprint density at radius 2 is 2.05 bits per heavy atom. The molecule has 0 aromatic heterocycles. The van der Waals surface area contributed by atoms with Gasteiger partial charge in [0.1, 0.15) is 6.61 Å². The first-order chi connectivity index (χ1) is 9.81. The number of terminal acetylenes is 1. The molecule has 0 spiro atoms. The Kier molecular flexibility index (Phi) is 6.35. The lowest BCUT2D eigenvalue weighted by molar-refractivity contribution is -0.139. The maximum Gasteiger partial charge on any atom is 0.249 e. The molecule has 1 heterocycles. The van der Waals surface area contributed by atoms with E-state index in [0.29, 0.717) is 19.2 Å². The van der Waals surface area contributed by atoms with Crippen LogP contribution in [0.15, 0.2) is 0 Å². The minimum absolute atomic E-state index is 0.0212. The van der Waals surface area contributed by atoms with Gasteiger partial charge in [-0.3, -0.25) is 4.79 Å². The van der Waals surface area contributed by atoms with Crippen LogP contribution in [0.25, 0.3) is 0 Å². The van der Waals surface area contributed by atoms with Gasteiger partial charge in [0.15, 0.2) is 0 Å². The average molecular weight is 279 g/mol. The predicted octanol–water partition coefficient (Wildman–Crippen LogP) is 1.98. The molecule has 1 saturated heterocycles. The Balaban J connectivity index is 1.75. The van der Waals surface area contributed by atoms with Gasteiger partial charge in [0, 0.05) is 12.6 Å². The number of hydrogen-bond donors (Lipinski definition) is 0. The molecule has 4 nitrogen and oxygen atoms in total. The second kappa shape index (κ2) is 8.28. The molecule has 1 amide bonds. The van der Waals surface area contributed by atoms with Crippen LogP contribution in [0.3, 0.4) is 0 Å². The third kappa shape index (κ3) is 4.50. The van der Waals surface area contributed by atoms with E-state index in [1.54, 1.807) is 0 Å². The quantitative estimate of drug-likeness (QED) is 0.698. The monoisotopic (exact) mass is 279 g/mol. The lowest BCUT2D eigenvalue weighted by Crippen LogP contribution is -2.43. The summed E-state index contributed by atoms with van der Waals surface area (Å²) in [5.41, 5.74) is 0. The van der Waals surface area contributed by atoms with Crippen LogP contribution in [-0.4, -0.2) is 49.3 Å². The van der Waals surface area contributed by atoms with Crippen LogP contribution in [-0.2, 0) is 14.3 Å². The number of hydrogen-bond acceptors (Lipinski definition) is 3. The zero-order valence-corrected chi connectivity index (χ0v) is 12.2.